The molecule has 18 heavy (non-hydrogen) atoms. The van der Waals surface area contributed by atoms with Crippen LogP contribution in [-0.2, 0) is 4.74 Å². The zero-order chi connectivity index (χ0) is 12.9. The molecule has 96 valence electrons. The molecule has 2 N–H and O–H groups in total. The standard InChI is InChI=1S/C13H16BrN3O/c1-6-4-8(18-3)5-9-11(14)10-7(2)16-17-13(10)15-12(6)9/h4-5,7,9,12,16H,1-3H3,(H,15,17). The first kappa shape index (κ1) is 12.0. The number of nitrogens with one attached hydrogen (secondary N) is 2. The first-order chi connectivity index (χ1) is 8.61. The topological polar surface area (TPSA) is 45.6 Å². The van der Waals surface area contributed by atoms with Crippen LogP contribution < -0.4 is 10.9 Å². The lowest BCUT2D eigenvalue weighted by Gasteiger charge is -2.31. The van der Waals surface area contributed by atoms with Crippen molar-refractivity contribution in [2.45, 2.75) is 25.9 Å². The fourth-order valence-electron chi connectivity index (χ4n) is 2.69. The van der Waals surface area contributed by atoms with Gasteiger partial charge < -0.3 is 10.2 Å². The fraction of sp³-hybridized carbons (Fsp3) is 0.462. The third kappa shape index (κ3) is 1.65. The molecule has 1 aliphatic carbocycles. The van der Waals surface area contributed by atoms with Gasteiger partial charge in [-0.25, -0.2) is 5.43 Å². The van der Waals surface area contributed by atoms with E-state index in [4.69, 9.17) is 9.73 Å². The number of amidine groups is 1. The summed E-state index contributed by atoms with van der Waals surface area (Å²) < 4.78 is 6.56. The summed E-state index contributed by atoms with van der Waals surface area (Å²) in [6.45, 7) is 4.23. The predicted molar refractivity (Wildman–Crippen MR) is 75.2 cm³/mol. The van der Waals surface area contributed by atoms with Crippen molar-refractivity contribution in [3.8, 4) is 0 Å². The summed E-state index contributed by atoms with van der Waals surface area (Å²) in [5.41, 5.74) is 8.80. The number of hydrogen-bond donors (Lipinski definition) is 2. The minimum Gasteiger partial charge on any atom is -0.497 e. The molecule has 0 radical (unpaired) electrons. The second-order valence-corrected chi connectivity index (χ2v) is 5.72. The van der Waals surface area contributed by atoms with Gasteiger partial charge in [0.15, 0.2) is 0 Å². The molecule has 0 amide bonds. The van der Waals surface area contributed by atoms with Crippen LogP contribution in [0, 0.1) is 5.92 Å². The molecule has 3 unspecified atom stereocenters. The lowest BCUT2D eigenvalue weighted by atomic mass is 9.84. The Kier molecular flexibility index (Phi) is 2.83. The first-order valence-electron chi connectivity index (χ1n) is 6.05. The minimum atomic E-state index is 0.164. The average molecular weight is 310 g/mol. The van der Waals surface area contributed by atoms with E-state index in [1.165, 1.54) is 15.6 Å². The van der Waals surface area contributed by atoms with Gasteiger partial charge in [-0.1, -0.05) is 15.9 Å². The SMILES string of the molecule is COC1=CC2C(Br)=C3C(=NC2C(C)=C1)NNC3C. The van der Waals surface area contributed by atoms with Crippen molar-refractivity contribution in [1.82, 2.24) is 10.9 Å². The van der Waals surface area contributed by atoms with Crippen molar-refractivity contribution in [2.75, 3.05) is 7.11 Å². The van der Waals surface area contributed by atoms with Crippen LogP contribution in [0.15, 0.2) is 38.5 Å². The van der Waals surface area contributed by atoms with Gasteiger partial charge in [-0.05, 0) is 31.6 Å². The van der Waals surface area contributed by atoms with Crippen LogP contribution in [0.1, 0.15) is 13.8 Å². The van der Waals surface area contributed by atoms with Crippen LogP contribution in [0.2, 0.25) is 0 Å². The van der Waals surface area contributed by atoms with Crippen LogP contribution in [0.4, 0.5) is 0 Å². The average Bonchev–Trinajstić information content (AvgIpc) is 2.72. The molecular weight excluding hydrogens is 294 g/mol. The molecule has 0 spiro atoms. The Morgan fingerprint density at radius 3 is 2.94 bits per heavy atom. The maximum Gasteiger partial charge on any atom is 0.141 e. The lowest BCUT2D eigenvalue weighted by Crippen LogP contribution is -2.33. The number of allylic oxidation sites excluding steroid dienone is 1. The summed E-state index contributed by atoms with van der Waals surface area (Å²) in [7, 11) is 1.70. The van der Waals surface area contributed by atoms with Gasteiger partial charge in [0.2, 0.25) is 0 Å². The van der Waals surface area contributed by atoms with Gasteiger partial charge in [0.25, 0.3) is 0 Å². The fourth-order valence-corrected chi connectivity index (χ4v) is 3.61. The second kappa shape index (κ2) is 4.24. The normalized spacial score (nSPS) is 34.0. The molecular formula is C13H16BrN3O. The van der Waals surface area contributed by atoms with E-state index in [-0.39, 0.29) is 18.0 Å². The minimum absolute atomic E-state index is 0.164. The summed E-state index contributed by atoms with van der Waals surface area (Å²) in [6, 6.07) is 0.432. The zero-order valence-electron chi connectivity index (χ0n) is 10.6. The monoisotopic (exact) mass is 309 g/mol. The van der Waals surface area contributed by atoms with E-state index in [1.807, 2.05) is 0 Å². The highest BCUT2D eigenvalue weighted by atomic mass is 79.9. The van der Waals surface area contributed by atoms with Crippen LogP contribution in [0.5, 0.6) is 0 Å². The highest BCUT2D eigenvalue weighted by Crippen LogP contribution is 2.40. The van der Waals surface area contributed by atoms with E-state index in [1.54, 1.807) is 7.11 Å². The maximum atomic E-state index is 5.36. The third-order valence-electron chi connectivity index (χ3n) is 3.67. The zero-order valence-corrected chi connectivity index (χ0v) is 12.2. The maximum absolute atomic E-state index is 5.36. The van der Waals surface area contributed by atoms with E-state index in [0.29, 0.717) is 0 Å². The number of dihydropyridines is 1. The summed E-state index contributed by atoms with van der Waals surface area (Å²) in [5.74, 6) is 2.11. The lowest BCUT2D eigenvalue weighted by molar-refractivity contribution is 0.298. The molecule has 1 fully saturated rings. The quantitative estimate of drug-likeness (QED) is 0.779. The van der Waals surface area contributed by atoms with Crippen LogP contribution in [0.3, 0.4) is 0 Å². The van der Waals surface area contributed by atoms with Crippen molar-refractivity contribution in [3.63, 3.8) is 0 Å². The van der Waals surface area contributed by atoms with Gasteiger partial charge >= 0.3 is 0 Å². The molecule has 1 saturated heterocycles. The molecule has 0 saturated carbocycles. The highest BCUT2D eigenvalue weighted by Gasteiger charge is 2.38. The largest absolute Gasteiger partial charge is 0.497 e. The van der Waals surface area contributed by atoms with Gasteiger partial charge in [-0.15, -0.1) is 0 Å². The van der Waals surface area contributed by atoms with Crippen LogP contribution in [-0.4, -0.2) is 25.0 Å². The van der Waals surface area contributed by atoms with Gasteiger partial charge in [0.05, 0.1) is 19.2 Å². The Hall–Kier alpha value is -1.07. The Balaban J connectivity index is 2.08. The first-order valence-corrected chi connectivity index (χ1v) is 6.84. The summed E-state index contributed by atoms with van der Waals surface area (Å²) in [5, 5.41) is 0. The Morgan fingerprint density at radius 2 is 2.22 bits per heavy atom. The molecule has 0 aromatic heterocycles. The van der Waals surface area contributed by atoms with E-state index in [0.717, 1.165) is 11.6 Å². The molecule has 3 aliphatic rings. The predicted octanol–water partition coefficient (Wildman–Crippen LogP) is 2.02. The third-order valence-corrected chi connectivity index (χ3v) is 4.63. The van der Waals surface area contributed by atoms with Crippen LogP contribution in [0.25, 0.3) is 0 Å². The summed E-state index contributed by atoms with van der Waals surface area (Å²) >= 11 is 3.75. The number of methoxy groups -OCH3 is 1. The van der Waals surface area contributed by atoms with Crippen molar-refractivity contribution in [1.29, 1.82) is 0 Å². The van der Waals surface area contributed by atoms with Crippen molar-refractivity contribution in [3.05, 3.63) is 33.5 Å². The Bertz CT molecular complexity index is 518. The Labute approximate surface area is 115 Å². The van der Waals surface area contributed by atoms with Crippen molar-refractivity contribution < 1.29 is 4.74 Å². The number of aliphatic imine (C=N–C) groups is 1. The number of fused-ring (bicyclic) bond motifs is 2. The Morgan fingerprint density at radius 1 is 1.44 bits per heavy atom. The number of rotatable bonds is 1. The highest BCUT2D eigenvalue weighted by molar-refractivity contribution is 9.11. The molecule has 2 aliphatic heterocycles. The van der Waals surface area contributed by atoms with Gasteiger partial charge in [-0.2, -0.15) is 0 Å². The van der Waals surface area contributed by atoms with E-state index < -0.39 is 0 Å². The molecule has 5 heteroatoms. The van der Waals surface area contributed by atoms with Gasteiger partial charge in [-0.3, -0.25) is 4.99 Å². The molecule has 0 aromatic carbocycles. The van der Waals surface area contributed by atoms with Gasteiger partial charge in [0.1, 0.15) is 11.6 Å². The van der Waals surface area contributed by atoms with E-state index in [9.17, 15) is 0 Å². The number of ether oxygens (including phenoxy) is 1. The van der Waals surface area contributed by atoms with E-state index in [2.05, 4.69) is 52.8 Å². The molecule has 0 bridgehead atoms. The molecule has 4 nitrogen and oxygen atoms in total. The van der Waals surface area contributed by atoms with Crippen molar-refractivity contribution in [2.24, 2.45) is 10.9 Å². The smallest absolute Gasteiger partial charge is 0.141 e. The summed E-state index contributed by atoms with van der Waals surface area (Å²) in [6.07, 6.45) is 4.20. The number of hydrazine groups is 1. The van der Waals surface area contributed by atoms with E-state index >= 15 is 0 Å². The number of halogens is 1. The number of hydrogen-bond acceptors (Lipinski definition) is 4. The number of nitrogens with zero attached hydrogens (tertiary/aromatic N) is 1. The molecule has 2 heterocycles. The molecule has 0 aromatic rings. The van der Waals surface area contributed by atoms with Crippen LogP contribution >= 0.6 is 15.9 Å². The second-order valence-electron chi connectivity index (χ2n) is 4.86. The summed E-state index contributed by atoms with van der Waals surface area (Å²) in [4.78, 5) is 4.80. The molecule has 3 rings (SSSR count). The molecule has 3 atom stereocenters. The van der Waals surface area contributed by atoms with Gasteiger partial charge in [0, 0.05) is 16.0 Å². The van der Waals surface area contributed by atoms with Crippen molar-refractivity contribution >= 4 is 21.8 Å².